The second kappa shape index (κ2) is 13.1. The number of ether oxygens (including phenoxy) is 1. The Hall–Kier alpha value is -2.93. The molecule has 0 spiro atoms. The smallest absolute Gasteiger partial charge is 0.256 e. The van der Waals surface area contributed by atoms with Crippen molar-refractivity contribution in [2.75, 3.05) is 23.4 Å². The highest BCUT2D eigenvalue weighted by molar-refractivity contribution is 7.80. The molecule has 1 unspecified atom stereocenters. The lowest BCUT2D eigenvalue weighted by Crippen LogP contribution is -2.38. The highest BCUT2D eigenvalue weighted by atomic mass is 32.1. The summed E-state index contributed by atoms with van der Waals surface area (Å²) in [6.07, 6.45) is 6.54. The van der Waals surface area contributed by atoms with Crippen LogP contribution in [-0.4, -0.2) is 41.0 Å². The average Bonchev–Trinajstić information content (AvgIpc) is 3.07. The Morgan fingerprint density at radius 1 is 0.971 bits per heavy atom. The van der Waals surface area contributed by atoms with Gasteiger partial charge in [0.2, 0.25) is 5.91 Å². The average molecular weight is 482 g/mol. The molecule has 7 heteroatoms. The van der Waals surface area contributed by atoms with E-state index >= 15 is 0 Å². The molecule has 2 aromatic rings. The minimum atomic E-state index is -0.606. The molecule has 1 fully saturated rings. The Bertz CT molecular complexity index is 949. The summed E-state index contributed by atoms with van der Waals surface area (Å²) in [4.78, 5) is 29.8. The van der Waals surface area contributed by atoms with Crippen molar-refractivity contribution >= 4 is 40.5 Å². The summed E-state index contributed by atoms with van der Waals surface area (Å²) in [6.45, 7) is 5.56. The van der Waals surface area contributed by atoms with Crippen LogP contribution in [0.25, 0.3) is 0 Å². The van der Waals surface area contributed by atoms with Gasteiger partial charge in [-0.2, -0.15) is 0 Å². The first-order chi connectivity index (χ1) is 16.5. The molecule has 0 aliphatic carbocycles. The number of hydrogen-bond donors (Lipinski definition) is 1. The van der Waals surface area contributed by atoms with Crippen molar-refractivity contribution in [1.82, 2.24) is 4.90 Å². The number of rotatable bonds is 13. The van der Waals surface area contributed by atoms with Crippen LogP contribution in [0.4, 0.5) is 11.4 Å². The largest absolute Gasteiger partial charge is 0.494 e. The Morgan fingerprint density at radius 2 is 1.68 bits per heavy atom. The number of hydrogen-bond acceptors (Lipinski definition) is 4. The maximum Gasteiger partial charge on any atom is 0.256 e. The van der Waals surface area contributed by atoms with Gasteiger partial charge in [-0.15, -0.1) is 0 Å². The molecule has 2 amide bonds. The SMILES string of the molecule is CCCCCCCN1C(=S)N(c2ccccc2)C(=O)C1CC(=O)Nc1ccc(OCCC)cc1. The zero-order valence-corrected chi connectivity index (χ0v) is 21.0. The van der Waals surface area contributed by atoms with Crippen molar-refractivity contribution in [1.29, 1.82) is 0 Å². The van der Waals surface area contributed by atoms with E-state index in [1.165, 1.54) is 12.8 Å². The number of anilines is 2. The third-order valence-electron chi connectivity index (χ3n) is 5.83. The fraction of sp³-hybridized carbons (Fsp3) is 0.444. The molecule has 6 nitrogen and oxygen atoms in total. The van der Waals surface area contributed by atoms with Crippen LogP contribution in [0.1, 0.15) is 58.8 Å². The molecule has 182 valence electrons. The van der Waals surface area contributed by atoms with E-state index in [2.05, 4.69) is 19.2 Å². The Kier molecular flexibility index (Phi) is 9.89. The second-order valence-corrected chi connectivity index (χ2v) is 8.91. The lowest BCUT2D eigenvalue weighted by atomic mass is 10.1. The lowest BCUT2D eigenvalue weighted by Gasteiger charge is -2.24. The maximum atomic E-state index is 13.4. The molecule has 3 rings (SSSR count). The normalized spacial score (nSPS) is 15.6. The zero-order chi connectivity index (χ0) is 24.3. The molecule has 2 aromatic carbocycles. The van der Waals surface area contributed by atoms with Gasteiger partial charge in [-0.3, -0.25) is 14.5 Å². The van der Waals surface area contributed by atoms with E-state index in [0.717, 1.165) is 37.1 Å². The Morgan fingerprint density at radius 3 is 2.35 bits per heavy atom. The molecule has 0 saturated carbocycles. The molecule has 1 aliphatic rings. The number of carbonyl (C=O) groups excluding carboxylic acids is 2. The number of unbranched alkanes of at least 4 members (excludes halogenated alkanes) is 4. The molecule has 1 N–H and O–H groups in total. The molecule has 0 radical (unpaired) electrons. The molecule has 1 saturated heterocycles. The van der Waals surface area contributed by atoms with Gasteiger partial charge in [-0.05, 0) is 61.5 Å². The number of thiocarbonyl (C=S) groups is 1. The molecule has 34 heavy (non-hydrogen) atoms. The van der Waals surface area contributed by atoms with Crippen LogP contribution < -0.4 is 15.0 Å². The summed E-state index contributed by atoms with van der Waals surface area (Å²) < 4.78 is 5.59. The third-order valence-corrected chi connectivity index (χ3v) is 6.24. The summed E-state index contributed by atoms with van der Waals surface area (Å²) in [7, 11) is 0. The van der Waals surface area contributed by atoms with Crippen LogP contribution in [-0.2, 0) is 9.59 Å². The van der Waals surface area contributed by atoms with E-state index in [-0.39, 0.29) is 18.2 Å². The minimum absolute atomic E-state index is 0.0470. The summed E-state index contributed by atoms with van der Waals surface area (Å²) in [5, 5.41) is 3.39. The molecular weight excluding hydrogens is 446 g/mol. The number of amides is 2. The number of nitrogens with zero attached hydrogens (tertiary/aromatic N) is 2. The number of para-hydroxylation sites is 1. The quantitative estimate of drug-likeness (QED) is 0.290. The van der Waals surface area contributed by atoms with Crippen molar-refractivity contribution in [3.05, 3.63) is 54.6 Å². The van der Waals surface area contributed by atoms with Crippen molar-refractivity contribution in [3.63, 3.8) is 0 Å². The van der Waals surface area contributed by atoms with Gasteiger partial charge in [-0.1, -0.05) is 57.7 Å². The van der Waals surface area contributed by atoms with Crippen molar-refractivity contribution < 1.29 is 14.3 Å². The number of nitrogens with one attached hydrogen (secondary N) is 1. The fourth-order valence-corrected chi connectivity index (χ4v) is 4.44. The van der Waals surface area contributed by atoms with Crippen molar-refractivity contribution in [3.8, 4) is 5.75 Å². The van der Waals surface area contributed by atoms with Crippen LogP contribution in [0, 0.1) is 0 Å². The van der Waals surface area contributed by atoms with Gasteiger partial charge in [0.25, 0.3) is 5.91 Å². The number of benzene rings is 2. The van der Waals surface area contributed by atoms with Gasteiger partial charge < -0.3 is 15.0 Å². The Balaban J connectivity index is 1.68. The standard InChI is InChI=1S/C27H35N3O3S/c1-3-5-6-7-11-18-29-24(26(32)30(27(29)34)22-12-9-8-10-13-22)20-25(31)28-21-14-16-23(17-15-21)33-19-4-2/h8-10,12-17,24H,3-7,11,18-20H2,1-2H3,(H,28,31). The highest BCUT2D eigenvalue weighted by Gasteiger charge is 2.43. The first-order valence-electron chi connectivity index (χ1n) is 12.3. The van der Waals surface area contributed by atoms with Gasteiger partial charge in [0.15, 0.2) is 5.11 Å². The van der Waals surface area contributed by atoms with E-state index in [1.807, 2.05) is 59.5 Å². The van der Waals surface area contributed by atoms with Gasteiger partial charge in [-0.25, -0.2) is 0 Å². The molecule has 0 bridgehead atoms. The number of carbonyl (C=O) groups is 2. The first kappa shape index (κ1) is 25.7. The predicted molar refractivity (Wildman–Crippen MR) is 141 cm³/mol. The van der Waals surface area contributed by atoms with Gasteiger partial charge in [0.05, 0.1) is 18.7 Å². The molecule has 0 aromatic heterocycles. The lowest BCUT2D eigenvalue weighted by molar-refractivity contribution is -0.124. The monoisotopic (exact) mass is 481 g/mol. The summed E-state index contributed by atoms with van der Waals surface area (Å²) in [5.74, 6) is 0.404. The topological polar surface area (TPSA) is 61.9 Å². The second-order valence-electron chi connectivity index (χ2n) is 8.54. The van der Waals surface area contributed by atoms with Gasteiger partial charge in [0.1, 0.15) is 11.8 Å². The van der Waals surface area contributed by atoms with Crippen LogP contribution >= 0.6 is 12.2 Å². The van der Waals surface area contributed by atoms with E-state index in [0.29, 0.717) is 24.0 Å². The predicted octanol–water partition coefficient (Wildman–Crippen LogP) is 5.78. The minimum Gasteiger partial charge on any atom is -0.494 e. The summed E-state index contributed by atoms with van der Waals surface area (Å²) >= 11 is 5.72. The van der Waals surface area contributed by atoms with Crippen molar-refractivity contribution in [2.45, 2.75) is 64.8 Å². The van der Waals surface area contributed by atoms with Crippen molar-refractivity contribution in [2.24, 2.45) is 0 Å². The summed E-state index contributed by atoms with van der Waals surface area (Å²) in [6, 6.07) is 16.1. The first-order valence-corrected chi connectivity index (χ1v) is 12.7. The van der Waals surface area contributed by atoms with E-state index < -0.39 is 6.04 Å². The van der Waals surface area contributed by atoms with E-state index in [1.54, 1.807) is 4.90 Å². The summed E-state index contributed by atoms with van der Waals surface area (Å²) in [5.41, 5.74) is 1.41. The van der Waals surface area contributed by atoms with Gasteiger partial charge >= 0.3 is 0 Å². The molecule has 1 heterocycles. The van der Waals surface area contributed by atoms with E-state index in [4.69, 9.17) is 17.0 Å². The zero-order valence-electron chi connectivity index (χ0n) is 20.2. The highest BCUT2D eigenvalue weighted by Crippen LogP contribution is 2.28. The van der Waals surface area contributed by atoms with Crippen LogP contribution in [0.3, 0.4) is 0 Å². The fourth-order valence-electron chi connectivity index (χ4n) is 4.03. The molecule has 1 aliphatic heterocycles. The third kappa shape index (κ3) is 6.79. The molecular formula is C27H35N3O3S. The Labute approximate surface area is 208 Å². The van der Waals surface area contributed by atoms with Crippen LogP contribution in [0.2, 0.25) is 0 Å². The van der Waals surface area contributed by atoms with Crippen LogP contribution in [0.15, 0.2) is 54.6 Å². The van der Waals surface area contributed by atoms with Gasteiger partial charge in [0, 0.05) is 12.2 Å². The molecule has 1 atom stereocenters. The van der Waals surface area contributed by atoms with E-state index in [9.17, 15) is 9.59 Å². The van der Waals surface area contributed by atoms with Crippen LogP contribution in [0.5, 0.6) is 5.75 Å². The maximum absolute atomic E-state index is 13.4.